The first-order chi connectivity index (χ1) is 8.38. The number of benzene rings is 1. The molecule has 0 aliphatic heterocycles. The summed E-state index contributed by atoms with van der Waals surface area (Å²) in [6.07, 6.45) is 0.963. The lowest BCUT2D eigenvalue weighted by molar-refractivity contribution is -0.150. The van der Waals surface area contributed by atoms with E-state index in [-0.39, 0.29) is 11.9 Å². The topological polar surface area (TPSA) is 26.3 Å². The minimum Gasteiger partial charge on any atom is -0.486 e. The molecular weight excluding hydrogens is 294 g/mol. The molecule has 1 aromatic rings. The van der Waals surface area contributed by atoms with Crippen LogP contribution in [0.5, 0.6) is 5.75 Å². The third kappa shape index (κ3) is 2.22. The van der Waals surface area contributed by atoms with E-state index in [9.17, 15) is 4.79 Å². The Kier molecular flexibility index (Phi) is 3.82. The normalized spacial score (nSPS) is 26.9. The smallest absolute Gasteiger partial charge is 0.157 e. The molecule has 2 nitrogen and oxygen atoms in total. The quantitative estimate of drug-likeness (QED) is 0.803. The van der Waals surface area contributed by atoms with Crippen molar-refractivity contribution in [2.45, 2.75) is 32.8 Å². The van der Waals surface area contributed by atoms with Crippen molar-refractivity contribution in [3.63, 3.8) is 0 Å². The summed E-state index contributed by atoms with van der Waals surface area (Å²) in [5.41, 5.74) is -0.438. The molecule has 0 bridgehead atoms. The molecule has 1 aliphatic rings. The van der Waals surface area contributed by atoms with Crippen LogP contribution >= 0.6 is 34.8 Å². The largest absolute Gasteiger partial charge is 0.486 e. The van der Waals surface area contributed by atoms with E-state index in [0.29, 0.717) is 27.2 Å². The number of rotatable bonds is 3. The molecule has 2 rings (SSSR count). The highest BCUT2D eigenvalue weighted by Gasteiger charge is 2.51. The highest BCUT2D eigenvalue weighted by Crippen LogP contribution is 2.45. The second kappa shape index (κ2) is 4.92. The molecule has 18 heavy (non-hydrogen) atoms. The summed E-state index contributed by atoms with van der Waals surface area (Å²) in [4.78, 5) is 11.6. The Hall–Kier alpha value is -0.440. The van der Waals surface area contributed by atoms with Gasteiger partial charge in [0.25, 0.3) is 0 Å². The van der Waals surface area contributed by atoms with Gasteiger partial charge in [-0.15, -0.1) is 0 Å². The van der Waals surface area contributed by atoms with Crippen molar-refractivity contribution in [3.05, 3.63) is 27.2 Å². The van der Waals surface area contributed by atoms with Gasteiger partial charge in [-0.3, -0.25) is 4.79 Å². The van der Waals surface area contributed by atoms with Gasteiger partial charge in [-0.05, 0) is 25.5 Å². The zero-order chi connectivity index (χ0) is 13.5. The zero-order valence-electron chi connectivity index (χ0n) is 10.1. The number of hydrogen-bond acceptors (Lipinski definition) is 2. The fraction of sp³-hybridized carbons (Fsp3) is 0.462. The van der Waals surface area contributed by atoms with Gasteiger partial charge in [-0.1, -0.05) is 41.7 Å². The molecule has 0 saturated heterocycles. The highest BCUT2D eigenvalue weighted by molar-refractivity contribution is 6.40. The third-order valence-electron chi connectivity index (χ3n) is 3.68. The summed E-state index contributed by atoms with van der Waals surface area (Å²) in [7, 11) is 0. The molecule has 0 radical (unpaired) electrons. The van der Waals surface area contributed by atoms with Crippen LogP contribution in [0.1, 0.15) is 26.7 Å². The molecule has 2 unspecified atom stereocenters. The van der Waals surface area contributed by atoms with Crippen LogP contribution in [0.15, 0.2) is 12.1 Å². The van der Waals surface area contributed by atoms with Crippen molar-refractivity contribution in [1.82, 2.24) is 0 Å². The second-order valence-electron chi connectivity index (χ2n) is 4.70. The minimum atomic E-state index is -0.438. The van der Waals surface area contributed by atoms with Crippen molar-refractivity contribution in [3.8, 4) is 5.75 Å². The van der Waals surface area contributed by atoms with Crippen LogP contribution in [0.3, 0.4) is 0 Å². The number of hydrogen-bond donors (Lipinski definition) is 0. The van der Waals surface area contributed by atoms with E-state index in [1.54, 1.807) is 12.1 Å². The van der Waals surface area contributed by atoms with E-state index in [0.717, 1.165) is 6.42 Å². The molecule has 1 fully saturated rings. The first-order valence-corrected chi connectivity index (χ1v) is 6.86. The van der Waals surface area contributed by atoms with Gasteiger partial charge in [-0.25, -0.2) is 0 Å². The van der Waals surface area contributed by atoms with Gasteiger partial charge in [0.2, 0.25) is 0 Å². The molecule has 5 heteroatoms. The summed E-state index contributed by atoms with van der Waals surface area (Å²) in [6.45, 7) is 3.87. The minimum absolute atomic E-state index is 0.175. The van der Waals surface area contributed by atoms with E-state index in [4.69, 9.17) is 39.5 Å². The average Bonchev–Trinajstić information content (AvgIpc) is 2.30. The lowest BCUT2D eigenvalue weighted by atomic mass is 9.64. The van der Waals surface area contributed by atoms with Crippen molar-refractivity contribution in [2.24, 2.45) is 5.41 Å². The maximum Gasteiger partial charge on any atom is 0.157 e. The monoisotopic (exact) mass is 306 g/mol. The molecule has 0 amide bonds. The highest BCUT2D eigenvalue weighted by atomic mass is 35.5. The van der Waals surface area contributed by atoms with Crippen molar-refractivity contribution < 1.29 is 9.53 Å². The zero-order valence-corrected chi connectivity index (χ0v) is 12.4. The number of ketones is 1. The Morgan fingerprint density at radius 3 is 2.33 bits per heavy atom. The van der Waals surface area contributed by atoms with E-state index in [1.165, 1.54) is 0 Å². The molecule has 0 N–H and O–H groups in total. The molecule has 0 spiro atoms. The number of ether oxygens (including phenoxy) is 1. The van der Waals surface area contributed by atoms with Gasteiger partial charge >= 0.3 is 0 Å². The van der Waals surface area contributed by atoms with Gasteiger partial charge in [0.1, 0.15) is 11.9 Å². The van der Waals surface area contributed by atoms with Crippen LogP contribution in [-0.2, 0) is 4.79 Å². The second-order valence-corrected chi connectivity index (χ2v) is 5.95. The molecular formula is C13H13Cl3O2. The summed E-state index contributed by atoms with van der Waals surface area (Å²) >= 11 is 17.9. The Morgan fingerprint density at radius 1 is 1.33 bits per heavy atom. The fourth-order valence-electron chi connectivity index (χ4n) is 2.06. The van der Waals surface area contributed by atoms with Crippen LogP contribution < -0.4 is 4.74 Å². The van der Waals surface area contributed by atoms with Crippen molar-refractivity contribution in [2.75, 3.05) is 0 Å². The fourth-order valence-corrected chi connectivity index (χ4v) is 2.96. The summed E-state index contributed by atoms with van der Waals surface area (Å²) in [6, 6.07) is 3.15. The molecule has 98 valence electrons. The van der Waals surface area contributed by atoms with Gasteiger partial charge < -0.3 is 4.74 Å². The molecule has 0 aromatic heterocycles. The Bertz CT molecular complexity index is 478. The molecule has 0 heterocycles. The number of Topliss-reactive ketones (excluding diaryl/α,β-unsaturated/α-hetero) is 1. The molecule has 1 aliphatic carbocycles. The summed E-state index contributed by atoms with van der Waals surface area (Å²) < 4.78 is 5.80. The van der Waals surface area contributed by atoms with Crippen LogP contribution in [0.25, 0.3) is 0 Å². The lowest BCUT2D eigenvalue weighted by Gasteiger charge is -2.44. The molecule has 2 atom stereocenters. The Balaban J connectivity index is 2.24. The van der Waals surface area contributed by atoms with E-state index < -0.39 is 5.41 Å². The number of halogens is 3. The molecule has 1 aromatic carbocycles. The van der Waals surface area contributed by atoms with Crippen LogP contribution in [-0.4, -0.2) is 11.9 Å². The van der Waals surface area contributed by atoms with E-state index >= 15 is 0 Å². The predicted molar refractivity (Wildman–Crippen MR) is 73.9 cm³/mol. The van der Waals surface area contributed by atoms with Crippen molar-refractivity contribution >= 4 is 40.6 Å². The molecule has 1 saturated carbocycles. The average molecular weight is 308 g/mol. The third-order valence-corrected chi connectivity index (χ3v) is 4.46. The van der Waals surface area contributed by atoms with Crippen LogP contribution in [0.2, 0.25) is 15.1 Å². The number of carbonyl (C=O) groups excluding carboxylic acids is 1. The van der Waals surface area contributed by atoms with Gasteiger partial charge in [-0.2, -0.15) is 0 Å². The van der Waals surface area contributed by atoms with Crippen molar-refractivity contribution in [1.29, 1.82) is 0 Å². The van der Waals surface area contributed by atoms with Crippen LogP contribution in [0, 0.1) is 5.41 Å². The Labute approximate surface area is 121 Å². The first kappa shape index (κ1) is 14.0. The predicted octanol–water partition coefficient (Wildman–Crippen LogP) is 4.78. The van der Waals surface area contributed by atoms with Gasteiger partial charge in [0, 0.05) is 11.4 Å². The number of carbonyl (C=O) groups is 1. The summed E-state index contributed by atoms with van der Waals surface area (Å²) in [5, 5.41) is 1.19. The standard InChI is InChI=1S/C13H13Cl3O2/c1-3-13(2)10(17)6-11(13)18-12-8(15)4-7(14)5-9(12)16/h4-5,11H,3,6H2,1-2H3. The lowest BCUT2D eigenvalue weighted by Crippen LogP contribution is -2.54. The van der Waals surface area contributed by atoms with Crippen LogP contribution in [0.4, 0.5) is 0 Å². The van der Waals surface area contributed by atoms with E-state index in [1.807, 2.05) is 13.8 Å². The van der Waals surface area contributed by atoms with Gasteiger partial charge in [0.05, 0.1) is 15.5 Å². The maximum atomic E-state index is 11.6. The van der Waals surface area contributed by atoms with E-state index in [2.05, 4.69) is 0 Å². The maximum absolute atomic E-state index is 11.6. The first-order valence-electron chi connectivity index (χ1n) is 5.73. The van der Waals surface area contributed by atoms with Gasteiger partial charge in [0.15, 0.2) is 5.75 Å². The summed E-state index contributed by atoms with van der Waals surface area (Å²) in [5.74, 6) is 0.621. The Morgan fingerprint density at radius 2 is 1.89 bits per heavy atom. The SMILES string of the molecule is CCC1(C)C(=O)CC1Oc1c(Cl)cc(Cl)cc1Cl.